The molecule has 1 amide bonds. The van der Waals surface area contributed by atoms with Gasteiger partial charge in [0.25, 0.3) is 0 Å². The van der Waals surface area contributed by atoms with Crippen molar-refractivity contribution in [2.24, 2.45) is 0 Å². The predicted molar refractivity (Wildman–Crippen MR) is 111 cm³/mol. The number of para-hydroxylation sites is 3. The van der Waals surface area contributed by atoms with Crippen molar-refractivity contribution >= 4 is 45.3 Å². The molecular weight excluding hydrogens is 372 g/mol. The Balaban J connectivity index is 1.62. The largest absolute Gasteiger partial charge is 0.378 e. The maximum absolute atomic E-state index is 12.9. The van der Waals surface area contributed by atoms with Crippen molar-refractivity contribution in [3.63, 3.8) is 0 Å². The number of carbonyl (C=O) groups is 1. The summed E-state index contributed by atoms with van der Waals surface area (Å²) in [6, 6.07) is 16.1. The molecule has 6 nitrogen and oxygen atoms in total. The van der Waals surface area contributed by atoms with E-state index in [1.54, 1.807) is 0 Å². The topological polar surface area (TPSA) is 59.7 Å². The normalized spacial score (nSPS) is 16.1. The first kappa shape index (κ1) is 17.5. The Morgan fingerprint density at radius 3 is 2.57 bits per heavy atom. The second kappa shape index (κ2) is 7.07. The van der Waals surface area contributed by atoms with Crippen LogP contribution in [0.4, 0.5) is 0 Å². The fourth-order valence-corrected chi connectivity index (χ4v) is 4.65. The molecule has 28 heavy (non-hydrogen) atoms. The number of hydrogen-bond donors (Lipinski definition) is 0. The van der Waals surface area contributed by atoms with Crippen LogP contribution in [0.2, 0.25) is 0 Å². The third kappa shape index (κ3) is 2.91. The number of amides is 1. The summed E-state index contributed by atoms with van der Waals surface area (Å²) in [6.07, 6.45) is 0. The van der Waals surface area contributed by atoms with E-state index in [1.165, 1.54) is 11.8 Å². The number of aromatic nitrogens is 3. The SMILES string of the molecule is CC(Sc1nc2ccccc2c2nc3ccccc3n12)C(=O)N1CCOCC1. The fraction of sp³-hybridized carbons (Fsp3) is 0.286. The van der Waals surface area contributed by atoms with Crippen molar-refractivity contribution in [3.8, 4) is 0 Å². The minimum absolute atomic E-state index is 0.126. The number of nitrogens with zero attached hydrogens (tertiary/aromatic N) is 4. The lowest BCUT2D eigenvalue weighted by atomic mass is 10.2. The molecule has 4 aromatic rings. The van der Waals surface area contributed by atoms with Gasteiger partial charge in [-0.15, -0.1) is 0 Å². The summed E-state index contributed by atoms with van der Waals surface area (Å²) in [5.74, 6) is 0.126. The van der Waals surface area contributed by atoms with Crippen molar-refractivity contribution in [3.05, 3.63) is 48.5 Å². The van der Waals surface area contributed by atoms with Crippen molar-refractivity contribution in [2.75, 3.05) is 26.3 Å². The molecule has 1 unspecified atom stereocenters. The molecule has 142 valence electrons. The molecule has 1 aliphatic rings. The molecule has 0 saturated carbocycles. The highest BCUT2D eigenvalue weighted by Gasteiger charge is 2.25. The summed E-state index contributed by atoms with van der Waals surface area (Å²) in [5, 5.41) is 1.56. The molecule has 1 fully saturated rings. The number of imidazole rings is 1. The van der Waals surface area contributed by atoms with Gasteiger partial charge in [0, 0.05) is 18.5 Å². The lowest BCUT2D eigenvalue weighted by molar-refractivity contribution is -0.134. The van der Waals surface area contributed by atoms with E-state index >= 15 is 0 Å². The maximum atomic E-state index is 12.9. The first-order valence-electron chi connectivity index (χ1n) is 9.41. The maximum Gasteiger partial charge on any atom is 0.236 e. The van der Waals surface area contributed by atoms with Crippen LogP contribution in [0.5, 0.6) is 0 Å². The van der Waals surface area contributed by atoms with E-state index in [9.17, 15) is 4.79 Å². The summed E-state index contributed by atoms with van der Waals surface area (Å²) in [5.41, 5.74) is 3.69. The first-order valence-corrected chi connectivity index (χ1v) is 10.3. The van der Waals surface area contributed by atoms with E-state index < -0.39 is 0 Å². The number of fused-ring (bicyclic) bond motifs is 5. The highest BCUT2D eigenvalue weighted by molar-refractivity contribution is 8.00. The van der Waals surface area contributed by atoms with Gasteiger partial charge in [0.2, 0.25) is 5.91 Å². The quantitative estimate of drug-likeness (QED) is 0.395. The number of carbonyl (C=O) groups excluding carboxylic acids is 1. The second-order valence-electron chi connectivity index (χ2n) is 6.87. The fourth-order valence-electron chi connectivity index (χ4n) is 3.64. The number of ether oxygens (including phenoxy) is 1. The van der Waals surface area contributed by atoms with Crippen LogP contribution < -0.4 is 0 Å². The van der Waals surface area contributed by atoms with E-state index in [0.29, 0.717) is 26.3 Å². The van der Waals surface area contributed by atoms with Gasteiger partial charge in [0.05, 0.1) is 35.0 Å². The van der Waals surface area contributed by atoms with Crippen LogP contribution in [-0.4, -0.2) is 56.7 Å². The Morgan fingerprint density at radius 1 is 1.04 bits per heavy atom. The molecule has 0 N–H and O–H groups in total. The molecule has 1 atom stereocenters. The summed E-state index contributed by atoms with van der Waals surface area (Å²) < 4.78 is 7.44. The number of benzene rings is 2. The van der Waals surface area contributed by atoms with Gasteiger partial charge >= 0.3 is 0 Å². The van der Waals surface area contributed by atoms with Gasteiger partial charge in [-0.2, -0.15) is 0 Å². The molecule has 1 saturated heterocycles. The molecule has 2 aromatic carbocycles. The zero-order valence-corrected chi connectivity index (χ0v) is 16.4. The van der Waals surface area contributed by atoms with Crippen LogP contribution in [0.25, 0.3) is 27.6 Å². The van der Waals surface area contributed by atoms with Crippen molar-refractivity contribution in [1.29, 1.82) is 0 Å². The molecular formula is C21H20N4O2S. The summed E-state index contributed by atoms with van der Waals surface area (Å²) >= 11 is 1.49. The third-order valence-corrected chi connectivity index (χ3v) is 6.11. The average molecular weight is 392 g/mol. The Kier molecular flexibility index (Phi) is 4.41. The molecule has 0 radical (unpaired) electrons. The highest BCUT2D eigenvalue weighted by Crippen LogP contribution is 2.31. The van der Waals surface area contributed by atoms with E-state index in [0.717, 1.165) is 32.7 Å². The first-order chi connectivity index (χ1) is 13.7. The second-order valence-corrected chi connectivity index (χ2v) is 8.18. The van der Waals surface area contributed by atoms with Crippen LogP contribution in [0.3, 0.4) is 0 Å². The molecule has 5 rings (SSSR count). The predicted octanol–water partition coefficient (Wildman–Crippen LogP) is 3.38. The van der Waals surface area contributed by atoms with Crippen molar-refractivity contribution in [1.82, 2.24) is 19.3 Å². The van der Waals surface area contributed by atoms with Crippen LogP contribution >= 0.6 is 11.8 Å². The molecule has 1 aliphatic heterocycles. The van der Waals surface area contributed by atoms with Crippen LogP contribution in [0, 0.1) is 0 Å². The van der Waals surface area contributed by atoms with Gasteiger partial charge in [0.15, 0.2) is 5.16 Å². The molecule has 2 aromatic heterocycles. The number of hydrogen-bond acceptors (Lipinski definition) is 5. The Labute approximate surface area is 166 Å². The van der Waals surface area contributed by atoms with E-state index in [-0.39, 0.29) is 11.2 Å². The summed E-state index contributed by atoms with van der Waals surface area (Å²) in [7, 11) is 0. The van der Waals surface area contributed by atoms with Gasteiger partial charge in [-0.1, -0.05) is 36.0 Å². The number of rotatable bonds is 3. The van der Waals surface area contributed by atoms with E-state index in [1.807, 2.05) is 60.4 Å². The lowest BCUT2D eigenvalue weighted by Gasteiger charge is -2.29. The summed E-state index contributed by atoms with van der Waals surface area (Å²) in [4.78, 5) is 24.5. The lowest BCUT2D eigenvalue weighted by Crippen LogP contribution is -2.44. The zero-order chi connectivity index (χ0) is 19.1. The molecule has 0 aliphatic carbocycles. The molecule has 7 heteroatoms. The minimum Gasteiger partial charge on any atom is -0.378 e. The van der Waals surface area contributed by atoms with Crippen molar-refractivity contribution < 1.29 is 9.53 Å². The van der Waals surface area contributed by atoms with Crippen LogP contribution in [0.1, 0.15) is 6.92 Å². The monoisotopic (exact) mass is 392 g/mol. The van der Waals surface area contributed by atoms with Crippen LogP contribution in [-0.2, 0) is 9.53 Å². The smallest absolute Gasteiger partial charge is 0.236 e. The highest BCUT2D eigenvalue weighted by atomic mass is 32.2. The van der Waals surface area contributed by atoms with E-state index in [2.05, 4.69) is 4.40 Å². The number of thioether (sulfide) groups is 1. The Hall–Kier alpha value is -2.64. The molecule has 0 bridgehead atoms. The Bertz CT molecular complexity index is 1180. The average Bonchev–Trinajstić information content (AvgIpc) is 3.14. The molecule has 0 spiro atoms. The van der Waals surface area contributed by atoms with Crippen molar-refractivity contribution in [2.45, 2.75) is 17.3 Å². The van der Waals surface area contributed by atoms with Gasteiger partial charge in [-0.25, -0.2) is 9.97 Å². The van der Waals surface area contributed by atoms with Gasteiger partial charge < -0.3 is 9.64 Å². The standard InChI is InChI=1S/C21H20N4O2S/c1-14(20(26)24-10-12-27-13-11-24)28-21-23-16-7-3-2-6-15(16)19-22-17-8-4-5-9-18(17)25(19)21/h2-9,14H,10-13H2,1H3. The Morgan fingerprint density at radius 2 is 1.75 bits per heavy atom. The third-order valence-electron chi connectivity index (χ3n) is 5.07. The molecule has 3 heterocycles. The minimum atomic E-state index is -0.240. The zero-order valence-electron chi connectivity index (χ0n) is 15.5. The number of morpholine rings is 1. The van der Waals surface area contributed by atoms with Crippen LogP contribution in [0.15, 0.2) is 53.7 Å². The van der Waals surface area contributed by atoms with E-state index in [4.69, 9.17) is 14.7 Å². The van der Waals surface area contributed by atoms with Gasteiger partial charge in [0.1, 0.15) is 5.65 Å². The van der Waals surface area contributed by atoms with Gasteiger partial charge in [-0.3, -0.25) is 9.20 Å². The summed E-state index contributed by atoms with van der Waals surface area (Å²) in [6.45, 7) is 4.46. The van der Waals surface area contributed by atoms with Gasteiger partial charge in [-0.05, 0) is 31.2 Å².